The molecule has 1 aromatic carbocycles. The number of hydrogen-bond donors (Lipinski definition) is 1. The molecule has 2 nitrogen and oxygen atoms in total. The molecule has 0 aliphatic carbocycles. The van der Waals surface area contributed by atoms with Gasteiger partial charge in [0, 0.05) is 29.7 Å². The summed E-state index contributed by atoms with van der Waals surface area (Å²) in [6.45, 7) is 5.59. The zero-order valence-electron chi connectivity index (χ0n) is 11.1. The van der Waals surface area contributed by atoms with Gasteiger partial charge >= 0.3 is 0 Å². The number of alkyl halides is 1. The molecule has 2 N–H and O–H groups in total. The van der Waals surface area contributed by atoms with Crippen molar-refractivity contribution in [3.8, 4) is 0 Å². The van der Waals surface area contributed by atoms with Crippen LogP contribution in [0.15, 0.2) is 36.7 Å². The molecule has 0 saturated carbocycles. The number of hydrogen-bond acceptors (Lipinski definition) is 2. The van der Waals surface area contributed by atoms with Gasteiger partial charge in [-0.25, -0.2) is 4.39 Å². The zero-order valence-corrected chi connectivity index (χ0v) is 11.1. The minimum atomic E-state index is -1.55. The molecule has 96 valence electrons. The molecule has 18 heavy (non-hydrogen) atoms. The molecule has 1 heterocycles. The van der Waals surface area contributed by atoms with Gasteiger partial charge in [-0.3, -0.25) is 4.98 Å². The monoisotopic (exact) mass is 246 g/mol. The molecule has 3 heteroatoms. The van der Waals surface area contributed by atoms with Gasteiger partial charge in [-0.1, -0.05) is 39.0 Å². The molecule has 0 spiro atoms. The van der Waals surface area contributed by atoms with Crippen LogP contribution in [0.1, 0.15) is 26.3 Å². The van der Waals surface area contributed by atoms with Crippen LogP contribution in [-0.2, 0) is 5.67 Å². The van der Waals surface area contributed by atoms with Crippen LogP contribution in [0, 0.1) is 5.41 Å². The molecule has 1 unspecified atom stereocenters. The summed E-state index contributed by atoms with van der Waals surface area (Å²) in [6.07, 6.45) is 3.43. The third-order valence-corrected chi connectivity index (χ3v) is 3.58. The van der Waals surface area contributed by atoms with Crippen molar-refractivity contribution in [2.75, 3.05) is 6.54 Å². The molecular weight excluding hydrogens is 227 g/mol. The largest absolute Gasteiger partial charge is 0.327 e. The van der Waals surface area contributed by atoms with Crippen molar-refractivity contribution >= 4 is 10.8 Å². The lowest BCUT2D eigenvalue weighted by Gasteiger charge is -2.38. The SMILES string of the molecule is CC(C)(C)C(F)(CN)c1cccc2cnccc12. The molecule has 1 atom stereocenters. The Bertz CT molecular complexity index is 554. The summed E-state index contributed by atoms with van der Waals surface area (Å²) in [7, 11) is 0. The molecule has 0 bridgehead atoms. The van der Waals surface area contributed by atoms with Crippen LogP contribution in [-0.4, -0.2) is 11.5 Å². The predicted octanol–water partition coefficient (Wildman–Crippen LogP) is 3.40. The predicted molar refractivity (Wildman–Crippen MR) is 73.0 cm³/mol. The van der Waals surface area contributed by atoms with E-state index >= 15 is 4.39 Å². The lowest BCUT2D eigenvalue weighted by molar-refractivity contribution is 0.0358. The van der Waals surface area contributed by atoms with Crippen LogP contribution in [0.3, 0.4) is 0 Å². The van der Waals surface area contributed by atoms with Gasteiger partial charge in [0.15, 0.2) is 5.67 Å². The summed E-state index contributed by atoms with van der Waals surface area (Å²) < 4.78 is 15.3. The van der Waals surface area contributed by atoms with Crippen molar-refractivity contribution in [1.29, 1.82) is 0 Å². The van der Waals surface area contributed by atoms with Crippen LogP contribution in [0.25, 0.3) is 10.8 Å². The summed E-state index contributed by atoms with van der Waals surface area (Å²) >= 11 is 0. The molecule has 0 aliphatic rings. The van der Waals surface area contributed by atoms with E-state index in [-0.39, 0.29) is 6.54 Å². The summed E-state index contributed by atoms with van der Waals surface area (Å²) in [5.41, 5.74) is 4.27. The van der Waals surface area contributed by atoms with E-state index in [1.807, 2.05) is 45.0 Å². The number of benzene rings is 1. The molecule has 2 rings (SSSR count). The Balaban J connectivity index is 2.74. The topological polar surface area (TPSA) is 38.9 Å². The number of nitrogens with two attached hydrogens (primary N) is 1. The fourth-order valence-electron chi connectivity index (χ4n) is 2.29. The molecule has 0 radical (unpaired) electrons. The van der Waals surface area contributed by atoms with Gasteiger partial charge in [0.25, 0.3) is 0 Å². The molecule has 0 fully saturated rings. The third kappa shape index (κ3) is 1.89. The van der Waals surface area contributed by atoms with Crippen LogP contribution in [0.5, 0.6) is 0 Å². The van der Waals surface area contributed by atoms with Crippen molar-refractivity contribution in [1.82, 2.24) is 4.98 Å². The summed E-state index contributed by atoms with van der Waals surface area (Å²) in [5.74, 6) is 0. The Kier molecular flexibility index (Phi) is 3.11. The van der Waals surface area contributed by atoms with E-state index < -0.39 is 11.1 Å². The summed E-state index contributed by atoms with van der Waals surface area (Å²) in [6, 6.07) is 7.46. The maximum atomic E-state index is 15.3. The first-order valence-corrected chi connectivity index (χ1v) is 6.12. The highest BCUT2D eigenvalue weighted by Gasteiger charge is 2.43. The minimum absolute atomic E-state index is 0.0298. The first-order chi connectivity index (χ1) is 8.40. The van der Waals surface area contributed by atoms with E-state index in [1.165, 1.54) is 0 Å². The average molecular weight is 246 g/mol. The molecule has 0 aliphatic heterocycles. The number of halogens is 1. The lowest BCUT2D eigenvalue weighted by Crippen LogP contribution is -2.42. The van der Waals surface area contributed by atoms with Gasteiger partial charge in [0.2, 0.25) is 0 Å². The highest BCUT2D eigenvalue weighted by atomic mass is 19.1. The van der Waals surface area contributed by atoms with Crippen LogP contribution in [0.4, 0.5) is 4.39 Å². The number of aromatic nitrogens is 1. The van der Waals surface area contributed by atoms with Crippen LogP contribution < -0.4 is 5.73 Å². The second-order valence-corrected chi connectivity index (χ2v) is 5.66. The second kappa shape index (κ2) is 4.32. The van der Waals surface area contributed by atoms with Crippen molar-refractivity contribution in [3.63, 3.8) is 0 Å². The van der Waals surface area contributed by atoms with E-state index in [4.69, 9.17) is 5.73 Å². The average Bonchev–Trinajstić information content (AvgIpc) is 2.35. The third-order valence-electron chi connectivity index (χ3n) is 3.58. The maximum absolute atomic E-state index is 15.3. The highest BCUT2D eigenvalue weighted by molar-refractivity contribution is 5.85. The molecule has 2 aromatic rings. The second-order valence-electron chi connectivity index (χ2n) is 5.66. The standard InChI is InChI=1S/C15H19FN2/c1-14(2,3)15(16,10-17)13-6-4-5-11-9-18-8-7-12(11)13/h4-9H,10,17H2,1-3H3. The van der Waals surface area contributed by atoms with E-state index in [2.05, 4.69) is 4.98 Å². The number of rotatable bonds is 2. The number of fused-ring (bicyclic) bond motifs is 1. The van der Waals surface area contributed by atoms with Gasteiger partial charge in [-0.05, 0) is 17.0 Å². The Labute approximate surface area is 107 Å². The lowest BCUT2D eigenvalue weighted by atomic mass is 9.72. The van der Waals surface area contributed by atoms with Crippen LogP contribution in [0.2, 0.25) is 0 Å². The Morgan fingerprint density at radius 2 is 1.94 bits per heavy atom. The molecule has 1 aromatic heterocycles. The van der Waals surface area contributed by atoms with Crippen molar-refractivity contribution in [3.05, 3.63) is 42.2 Å². The smallest absolute Gasteiger partial charge is 0.153 e. The van der Waals surface area contributed by atoms with E-state index in [0.717, 1.165) is 10.8 Å². The van der Waals surface area contributed by atoms with Crippen LogP contribution >= 0.6 is 0 Å². The first-order valence-electron chi connectivity index (χ1n) is 6.12. The fraction of sp³-hybridized carbons (Fsp3) is 0.400. The van der Waals surface area contributed by atoms with Gasteiger partial charge in [0.1, 0.15) is 0 Å². The van der Waals surface area contributed by atoms with Crippen molar-refractivity contribution in [2.24, 2.45) is 11.1 Å². The summed E-state index contributed by atoms with van der Waals surface area (Å²) in [5, 5.41) is 1.82. The Hall–Kier alpha value is -1.48. The normalized spacial score (nSPS) is 15.6. The highest BCUT2D eigenvalue weighted by Crippen LogP contribution is 2.44. The Morgan fingerprint density at radius 1 is 1.22 bits per heavy atom. The summed E-state index contributed by atoms with van der Waals surface area (Å²) in [4.78, 5) is 4.07. The van der Waals surface area contributed by atoms with Gasteiger partial charge < -0.3 is 5.73 Å². The number of nitrogens with zero attached hydrogens (tertiary/aromatic N) is 1. The van der Waals surface area contributed by atoms with Crippen molar-refractivity contribution < 1.29 is 4.39 Å². The zero-order chi connectivity index (χ0) is 13.4. The molecular formula is C15H19FN2. The Morgan fingerprint density at radius 3 is 2.56 bits per heavy atom. The van der Waals surface area contributed by atoms with Crippen molar-refractivity contribution in [2.45, 2.75) is 26.4 Å². The van der Waals surface area contributed by atoms with E-state index in [9.17, 15) is 0 Å². The first kappa shape index (κ1) is 13.0. The molecule has 0 saturated heterocycles. The minimum Gasteiger partial charge on any atom is -0.327 e. The van der Waals surface area contributed by atoms with Gasteiger partial charge in [0.05, 0.1) is 0 Å². The quantitative estimate of drug-likeness (QED) is 0.882. The van der Waals surface area contributed by atoms with Gasteiger partial charge in [-0.2, -0.15) is 0 Å². The molecule has 0 amide bonds. The van der Waals surface area contributed by atoms with E-state index in [1.54, 1.807) is 12.4 Å². The fourth-order valence-corrected chi connectivity index (χ4v) is 2.29. The van der Waals surface area contributed by atoms with Gasteiger partial charge in [-0.15, -0.1) is 0 Å². The maximum Gasteiger partial charge on any atom is 0.153 e. The number of pyridine rings is 1. The van der Waals surface area contributed by atoms with E-state index in [0.29, 0.717) is 5.56 Å².